The maximum Gasteiger partial charge on any atom is 0.348 e. The van der Waals surface area contributed by atoms with E-state index < -0.39 is 88.0 Å². The summed E-state index contributed by atoms with van der Waals surface area (Å²) in [4.78, 5) is 87.8. The maximum atomic E-state index is 12.9. The van der Waals surface area contributed by atoms with Gasteiger partial charge in [0.05, 0.1) is 13.0 Å². The van der Waals surface area contributed by atoms with E-state index in [1.165, 1.54) is 62.5 Å². The molecule has 57 heavy (non-hydrogen) atoms. The van der Waals surface area contributed by atoms with E-state index in [2.05, 4.69) is 0 Å². The summed E-state index contributed by atoms with van der Waals surface area (Å²) in [7, 11) is 0. The Balaban J connectivity index is 1.12. The lowest BCUT2D eigenvalue weighted by Crippen LogP contribution is -2.56. The molecule has 0 amide bonds. The summed E-state index contributed by atoms with van der Waals surface area (Å²) in [6, 6.07) is 0. The number of allylic oxidation sites excluding steroid dienone is 8. The van der Waals surface area contributed by atoms with Crippen LogP contribution in [0.25, 0.3) is 0 Å². The molecule has 304 valence electrons. The third kappa shape index (κ3) is 9.63. The number of cyclic esters (lactones) is 2. The van der Waals surface area contributed by atoms with Crippen LogP contribution < -0.4 is 0 Å². The van der Waals surface area contributed by atoms with Crippen LogP contribution in [0, 0.1) is 0 Å². The van der Waals surface area contributed by atoms with Gasteiger partial charge < -0.3 is 52.8 Å². The largest absolute Gasteiger partial charge is 0.480 e. The van der Waals surface area contributed by atoms with Crippen molar-refractivity contribution < 1.29 is 86.4 Å². The highest BCUT2D eigenvalue weighted by Crippen LogP contribution is 2.45. The fourth-order valence-electron chi connectivity index (χ4n) is 5.86. The molecule has 2 unspecified atom stereocenters. The minimum Gasteiger partial charge on any atom is -0.480 e. The van der Waals surface area contributed by atoms with Gasteiger partial charge in [-0.2, -0.15) is 0 Å². The fraction of sp³-hybridized carbons (Fsp3) is 0.410. The molecule has 0 aromatic heterocycles. The van der Waals surface area contributed by atoms with Crippen LogP contribution in [0.3, 0.4) is 0 Å². The third-order valence-corrected chi connectivity index (χ3v) is 9.14. The average Bonchev–Trinajstić information content (AvgIpc) is 3.12. The first-order valence-corrected chi connectivity index (χ1v) is 17.8. The second kappa shape index (κ2) is 16.6. The van der Waals surface area contributed by atoms with Crippen molar-refractivity contribution in [2.45, 2.75) is 95.8 Å². The Morgan fingerprint density at radius 2 is 0.982 bits per heavy atom. The van der Waals surface area contributed by atoms with Crippen molar-refractivity contribution in [3.8, 4) is 0 Å². The number of esters is 7. The minimum atomic E-state index is -1.70. The van der Waals surface area contributed by atoms with E-state index in [1.807, 2.05) is 0 Å². The van der Waals surface area contributed by atoms with E-state index in [-0.39, 0.29) is 56.3 Å². The molecule has 2 spiro atoms. The molecule has 1 saturated carbocycles. The second-order valence-corrected chi connectivity index (χ2v) is 13.4. The van der Waals surface area contributed by atoms with Gasteiger partial charge >= 0.3 is 41.8 Å². The summed E-state index contributed by atoms with van der Waals surface area (Å²) in [5.74, 6) is -13.8. The Kier molecular flexibility index (Phi) is 12.1. The lowest BCUT2D eigenvalue weighted by atomic mass is 9.87. The van der Waals surface area contributed by atoms with Crippen LogP contribution in [-0.2, 0) is 76.2 Å². The van der Waals surface area contributed by atoms with E-state index in [0.29, 0.717) is 6.42 Å². The van der Waals surface area contributed by atoms with Crippen LogP contribution in [0.15, 0.2) is 94.9 Å². The van der Waals surface area contributed by atoms with Crippen LogP contribution in [0.4, 0.5) is 0 Å². The molecule has 2 atom stereocenters. The SMILES string of the molecule is CCOC(=O)CCC1(C)OC(=O)C(/C=C/C=C/C=C2C(=O)OC3(CCC4(CC3)OC(=O)C(=C/C=C/C=C/C3=C(O)OC(C)(CC)OC3=O)C(=O)O4)OC2=O)=C(O)O1. The second-order valence-electron chi connectivity index (χ2n) is 13.4. The van der Waals surface area contributed by atoms with E-state index in [4.69, 9.17) is 42.6 Å². The Labute approximate surface area is 325 Å². The van der Waals surface area contributed by atoms with Gasteiger partial charge in [-0.3, -0.25) is 4.79 Å². The maximum absolute atomic E-state index is 12.9. The third-order valence-electron chi connectivity index (χ3n) is 9.14. The number of hydrogen-bond acceptors (Lipinski definition) is 18. The van der Waals surface area contributed by atoms with Crippen molar-refractivity contribution in [1.82, 2.24) is 0 Å². The number of carbonyl (C=O) groups excluding carboxylic acids is 7. The Hall–Kier alpha value is -6.59. The number of aliphatic hydroxyl groups excluding tert-OH is 2. The van der Waals surface area contributed by atoms with Gasteiger partial charge in [0.15, 0.2) is 0 Å². The highest BCUT2D eigenvalue weighted by Gasteiger charge is 2.56. The van der Waals surface area contributed by atoms with E-state index in [1.54, 1.807) is 13.8 Å². The fourth-order valence-corrected chi connectivity index (χ4v) is 5.86. The first-order valence-electron chi connectivity index (χ1n) is 17.8. The van der Waals surface area contributed by atoms with Gasteiger partial charge in [-0.15, -0.1) is 0 Å². The number of hydrogen-bond donors (Lipinski definition) is 2. The van der Waals surface area contributed by atoms with Crippen LogP contribution in [-0.4, -0.2) is 81.8 Å². The van der Waals surface area contributed by atoms with E-state index >= 15 is 0 Å². The van der Waals surface area contributed by atoms with Gasteiger partial charge in [-0.1, -0.05) is 43.4 Å². The molecule has 0 aromatic carbocycles. The zero-order valence-corrected chi connectivity index (χ0v) is 31.4. The first-order chi connectivity index (χ1) is 26.9. The number of carbonyl (C=O) groups is 7. The van der Waals surface area contributed by atoms with E-state index in [9.17, 15) is 43.8 Å². The van der Waals surface area contributed by atoms with Gasteiger partial charge in [0.1, 0.15) is 22.3 Å². The van der Waals surface area contributed by atoms with Crippen molar-refractivity contribution >= 4 is 41.8 Å². The monoisotopic (exact) mass is 796 g/mol. The topological polar surface area (TPSA) is 243 Å². The predicted molar refractivity (Wildman–Crippen MR) is 188 cm³/mol. The Bertz CT molecular complexity index is 1940. The summed E-state index contributed by atoms with van der Waals surface area (Å²) in [6.45, 7) is 6.42. The molecule has 18 nitrogen and oxygen atoms in total. The molecule has 1 aliphatic carbocycles. The number of aliphatic hydroxyl groups is 2. The summed E-state index contributed by atoms with van der Waals surface area (Å²) >= 11 is 0. The molecule has 5 aliphatic rings. The molecule has 2 N–H and O–H groups in total. The molecule has 0 bridgehead atoms. The number of rotatable bonds is 11. The van der Waals surface area contributed by atoms with Gasteiger partial charge in [0.25, 0.3) is 35.0 Å². The molecule has 2 saturated heterocycles. The van der Waals surface area contributed by atoms with Crippen LogP contribution >= 0.6 is 0 Å². The van der Waals surface area contributed by atoms with Crippen LogP contribution in [0.5, 0.6) is 0 Å². The molecule has 18 heteroatoms. The average molecular weight is 797 g/mol. The van der Waals surface area contributed by atoms with Crippen LogP contribution in [0.1, 0.15) is 72.6 Å². The lowest BCUT2D eigenvalue weighted by molar-refractivity contribution is -0.291. The highest BCUT2D eigenvalue weighted by atomic mass is 16.8. The van der Waals surface area contributed by atoms with Crippen molar-refractivity contribution in [3.05, 3.63) is 94.9 Å². The lowest BCUT2D eigenvalue weighted by Gasteiger charge is -2.45. The molecule has 4 heterocycles. The van der Waals surface area contributed by atoms with Gasteiger partial charge in [0.2, 0.25) is 0 Å². The smallest absolute Gasteiger partial charge is 0.348 e. The summed E-state index contributed by atoms with van der Waals surface area (Å²) in [5.41, 5.74) is -1.42. The van der Waals surface area contributed by atoms with Crippen molar-refractivity contribution in [1.29, 1.82) is 0 Å². The molecular formula is C39H40O18. The highest BCUT2D eigenvalue weighted by molar-refractivity contribution is 6.16. The molecule has 5 rings (SSSR count). The zero-order chi connectivity index (χ0) is 41.6. The standard InChI is InChI=1S/C39H40O18/c1-5-36(3)50-28(41)23(29(42)51-36)13-9-7-11-15-25-32(45)54-38(55-33(25)46)19-21-39(22-20-38)56-34(47)26(35(48)57-39)16-12-8-10-14-24-30(43)52-37(4,53-31(24)44)18-17-27(40)49-6-2/h7-16,41,43H,5-6,17-22H2,1-4H3/b11-7+,12-8+,13-9+,14-10+,25-15?,26-16?. The Morgan fingerprint density at radius 1 is 0.579 bits per heavy atom. The molecule has 0 radical (unpaired) electrons. The minimum absolute atomic E-state index is 0.0649. The summed E-state index contributed by atoms with van der Waals surface area (Å²) in [6.07, 6.45) is 12.1. The van der Waals surface area contributed by atoms with Gasteiger partial charge in [-0.25, -0.2) is 28.8 Å². The van der Waals surface area contributed by atoms with Crippen molar-refractivity contribution in [3.63, 3.8) is 0 Å². The van der Waals surface area contributed by atoms with Crippen LogP contribution in [0.2, 0.25) is 0 Å². The molecule has 4 aliphatic heterocycles. The predicted octanol–water partition coefficient (Wildman–Crippen LogP) is 4.10. The Morgan fingerprint density at radius 3 is 1.37 bits per heavy atom. The molecule has 3 fully saturated rings. The molecular weight excluding hydrogens is 756 g/mol. The molecule has 0 aromatic rings. The summed E-state index contributed by atoms with van der Waals surface area (Å²) < 4.78 is 47.8. The normalized spacial score (nSPS) is 29.3. The van der Waals surface area contributed by atoms with Gasteiger partial charge in [-0.05, 0) is 31.2 Å². The van der Waals surface area contributed by atoms with Crippen molar-refractivity contribution in [2.75, 3.05) is 6.61 Å². The van der Waals surface area contributed by atoms with E-state index in [0.717, 1.165) is 12.2 Å². The first kappa shape index (κ1) is 41.6. The zero-order valence-electron chi connectivity index (χ0n) is 31.4. The number of ether oxygens (including phenoxy) is 9. The summed E-state index contributed by atoms with van der Waals surface area (Å²) in [5, 5.41) is 20.4. The van der Waals surface area contributed by atoms with Crippen molar-refractivity contribution in [2.24, 2.45) is 0 Å². The quantitative estimate of drug-likeness (QED) is 0.0983. The van der Waals surface area contributed by atoms with Gasteiger partial charge in [0, 0.05) is 52.4 Å².